The summed E-state index contributed by atoms with van der Waals surface area (Å²) < 4.78 is 4.97. The lowest BCUT2D eigenvalue weighted by Gasteiger charge is -2.34. The van der Waals surface area contributed by atoms with Gasteiger partial charge in [0.15, 0.2) is 0 Å². The van der Waals surface area contributed by atoms with Crippen molar-refractivity contribution in [1.29, 1.82) is 0 Å². The second-order valence-corrected chi connectivity index (χ2v) is 7.10. The number of carbonyl (C=O) groups is 2. The van der Waals surface area contributed by atoms with Crippen LogP contribution in [-0.4, -0.2) is 45.6 Å². The largest absolute Gasteiger partial charge is 0.481 e. The summed E-state index contributed by atoms with van der Waals surface area (Å²) in [7, 11) is 0. The first-order chi connectivity index (χ1) is 9.66. The fourth-order valence-electron chi connectivity index (χ4n) is 4.22. The van der Waals surface area contributed by atoms with Crippen LogP contribution >= 0.6 is 0 Å². The summed E-state index contributed by atoms with van der Waals surface area (Å²) in [5.74, 6) is -2.12. The normalized spacial score (nSPS) is 45.9. The zero-order valence-electron chi connectivity index (χ0n) is 12.1. The Kier molecular flexibility index (Phi) is 2.98. The van der Waals surface area contributed by atoms with Crippen molar-refractivity contribution in [2.24, 2.45) is 17.3 Å². The second-order valence-electron chi connectivity index (χ2n) is 7.10. The van der Waals surface area contributed by atoms with E-state index in [1.54, 1.807) is 13.8 Å². The molecule has 0 spiro atoms. The SMILES string of the molecule is C[C@]1(C(=O)O)C[C@@H]2[C@@H](C1)[C@@](C)(O)CC1=C(COC1=O)[C@@H]2O. The minimum absolute atomic E-state index is 0.0401. The van der Waals surface area contributed by atoms with Crippen molar-refractivity contribution in [3.63, 3.8) is 0 Å². The van der Waals surface area contributed by atoms with E-state index in [1.807, 2.05) is 0 Å². The summed E-state index contributed by atoms with van der Waals surface area (Å²) in [6, 6.07) is 0. The van der Waals surface area contributed by atoms with Gasteiger partial charge in [-0.25, -0.2) is 4.79 Å². The Hall–Kier alpha value is -1.40. The highest BCUT2D eigenvalue weighted by Gasteiger charge is 2.58. The predicted molar refractivity (Wildman–Crippen MR) is 71.2 cm³/mol. The fourth-order valence-corrected chi connectivity index (χ4v) is 4.22. The van der Waals surface area contributed by atoms with Crippen LogP contribution in [0.4, 0.5) is 0 Å². The van der Waals surface area contributed by atoms with E-state index in [2.05, 4.69) is 0 Å². The lowest BCUT2D eigenvalue weighted by atomic mass is 9.77. The highest BCUT2D eigenvalue weighted by molar-refractivity contribution is 5.92. The average molecular weight is 296 g/mol. The van der Waals surface area contributed by atoms with Gasteiger partial charge in [0.1, 0.15) is 6.61 Å². The van der Waals surface area contributed by atoms with Gasteiger partial charge in [-0.2, -0.15) is 0 Å². The molecule has 0 radical (unpaired) electrons. The van der Waals surface area contributed by atoms with Gasteiger partial charge in [0.05, 0.1) is 17.1 Å². The number of rotatable bonds is 1. The molecule has 1 fully saturated rings. The van der Waals surface area contributed by atoms with Gasteiger partial charge in [0.2, 0.25) is 0 Å². The molecule has 0 aromatic rings. The van der Waals surface area contributed by atoms with Crippen LogP contribution in [0.1, 0.15) is 33.1 Å². The molecule has 116 valence electrons. The van der Waals surface area contributed by atoms with E-state index in [-0.39, 0.29) is 31.3 Å². The molecule has 0 aromatic carbocycles. The monoisotopic (exact) mass is 296 g/mol. The minimum Gasteiger partial charge on any atom is -0.481 e. The summed E-state index contributed by atoms with van der Waals surface area (Å²) >= 11 is 0. The van der Waals surface area contributed by atoms with Gasteiger partial charge < -0.3 is 20.1 Å². The number of hydrogen-bond donors (Lipinski definition) is 3. The van der Waals surface area contributed by atoms with Gasteiger partial charge in [-0.15, -0.1) is 0 Å². The Labute approximate surface area is 122 Å². The van der Waals surface area contributed by atoms with Crippen LogP contribution in [0.3, 0.4) is 0 Å². The zero-order chi connectivity index (χ0) is 15.6. The number of esters is 1. The third kappa shape index (κ3) is 2.00. The molecule has 0 unspecified atom stereocenters. The maximum absolute atomic E-state index is 11.8. The Bertz CT molecular complexity index is 548. The number of carbonyl (C=O) groups excluding carboxylic acids is 1. The van der Waals surface area contributed by atoms with Crippen molar-refractivity contribution in [3.05, 3.63) is 11.1 Å². The molecule has 2 aliphatic carbocycles. The number of hydrogen-bond acceptors (Lipinski definition) is 5. The van der Waals surface area contributed by atoms with Crippen molar-refractivity contribution >= 4 is 11.9 Å². The van der Waals surface area contributed by atoms with Crippen LogP contribution < -0.4 is 0 Å². The molecule has 5 atom stereocenters. The summed E-state index contributed by atoms with van der Waals surface area (Å²) in [6.07, 6.45) is -0.233. The second kappa shape index (κ2) is 4.30. The highest BCUT2D eigenvalue weighted by Crippen LogP contribution is 2.55. The van der Waals surface area contributed by atoms with E-state index in [1.165, 1.54) is 0 Å². The molecule has 6 heteroatoms. The Morgan fingerprint density at radius 2 is 2.00 bits per heavy atom. The van der Waals surface area contributed by atoms with Gasteiger partial charge in [-0.3, -0.25) is 4.79 Å². The van der Waals surface area contributed by atoms with E-state index in [0.29, 0.717) is 17.6 Å². The minimum atomic E-state index is -1.22. The lowest BCUT2D eigenvalue weighted by Crippen LogP contribution is -2.39. The summed E-state index contributed by atoms with van der Waals surface area (Å²) in [4.78, 5) is 23.2. The third-order valence-electron chi connectivity index (χ3n) is 5.48. The first-order valence-corrected chi connectivity index (χ1v) is 7.18. The Morgan fingerprint density at radius 3 is 2.62 bits per heavy atom. The van der Waals surface area contributed by atoms with Crippen LogP contribution in [0.2, 0.25) is 0 Å². The van der Waals surface area contributed by atoms with E-state index in [9.17, 15) is 24.9 Å². The molecule has 3 aliphatic rings. The number of aliphatic hydroxyl groups is 2. The molecular weight excluding hydrogens is 276 g/mol. The summed E-state index contributed by atoms with van der Waals surface area (Å²) in [5, 5.41) is 30.8. The number of aliphatic carboxylic acids is 1. The summed E-state index contributed by atoms with van der Waals surface area (Å²) in [6.45, 7) is 3.31. The molecule has 0 bridgehead atoms. The Morgan fingerprint density at radius 1 is 1.33 bits per heavy atom. The van der Waals surface area contributed by atoms with E-state index in [4.69, 9.17) is 4.74 Å². The highest BCUT2D eigenvalue weighted by atomic mass is 16.5. The van der Waals surface area contributed by atoms with Crippen molar-refractivity contribution in [2.45, 2.75) is 44.8 Å². The summed E-state index contributed by atoms with van der Waals surface area (Å²) in [5.41, 5.74) is -1.30. The molecule has 21 heavy (non-hydrogen) atoms. The molecule has 0 amide bonds. The van der Waals surface area contributed by atoms with E-state index < -0.39 is 29.1 Å². The first-order valence-electron chi connectivity index (χ1n) is 7.18. The number of ether oxygens (including phenoxy) is 1. The Balaban J connectivity index is 2.03. The number of carboxylic acids is 1. The van der Waals surface area contributed by atoms with Crippen molar-refractivity contribution < 1.29 is 29.6 Å². The first kappa shape index (κ1) is 14.5. The molecule has 3 rings (SSSR count). The number of fused-ring (bicyclic) bond motifs is 1. The van der Waals surface area contributed by atoms with Crippen molar-refractivity contribution in [3.8, 4) is 0 Å². The van der Waals surface area contributed by atoms with Gasteiger partial charge in [-0.05, 0) is 38.5 Å². The van der Waals surface area contributed by atoms with Crippen molar-refractivity contribution in [1.82, 2.24) is 0 Å². The maximum Gasteiger partial charge on any atom is 0.334 e. The van der Waals surface area contributed by atoms with Gasteiger partial charge in [0.25, 0.3) is 0 Å². The molecule has 1 aliphatic heterocycles. The number of cyclic esters (lactones) is 1. The zero-order valence-corrected chi connectivity index (χ0v) is 12.1. The van der Waals surface area contributed by atoms with Crippen LogP contribution in [0.15, 0.2) is 11.1 Å². The van der Waals surface area contributed by atoms with E-state index in [0.717, 1.165) is 0 Å². The smallest absolute Gasteiger partial charge is 0.334 e. The average Bonchev–Trinajstić information content (AvgIpc) is 2.90. The topological polar surface area (TPSA) is 104 Å². The van der Waals surface area contributed by atoms with Crippen LogP contribution in [0.25, 0.3) is 0 Å². The maximum atomic E-state index is 11.8. The van der Waals surface area contributed by atoms with Gasteiger partial charge in [-0.1, -0.05) is 0 Å². The molecule has 0 aromatic heterocycles. The molecule has 0 saturated heterocycles. The standard InChI is InChI=1S/C15H20O6/c1-14(13(18)19)3-8-10(5-14)15(2,20)4-7-9(11(8)16)6-21-12(7)17/h8,10-11,16,20H,3-6H2,1-2H3,(H,18,19)/t8-,10-,11-,14+,15+/m1/s1. The predicted octanol–water partition coefficient (Wildman–Crippen LogP) is 0.472. The lowest BCUT2D eigenvalue weighted by molar-refractivity contribution is -0.148. The molecular formula is C15H20O6. The quantitative estimate of drug-likeness (QED) is 0.608. The third-order valence-corrected chi connectivity index (χ3v) is 5.48. The number of carboxylic acid groups (broad SMARTS) is 1. The van der Waals surface area contributed by atoms with Gasteiger partial charge >= 0.3 is 11.9 Å². The molecule has 3 N–H and O–H groups in total. The van der Waals surface area contributed by atoms with Gasteiger partial charge in [0, 0.05) is 17.6 Å². The molecule has 1 heterocycles. The van der Waals surface area contributed by atoms with Crippen LogP contribution in [-0.2, 0) is 14.3 Å². The van der Waals surface area contributed by atoms with Crippen LogP contribution in [0, 0.1) is 17.3 Å². The van der Waals surface area contributed by atoms with E-state index >= 15 is 0 Å². The molecule has 6 nitrogen and oxygen atoms in total. The van der Waals surface area contributed by atoms with Crippen LogP contribution in [0.5, 0.6) is 0 Å². The fraction of sp³-hybridized carbons (Fsp3) is 0.733. The molecule has 1 saturated carbocycles. The van der Waals surface area contributed by atoms with Crippen molar-refractivity contribution in [2.75, 3.05) is 6.61 Å². The number of aliphatic hydroxyl groups excluding tert-OH is 1.